The van der Waals surface area contributed by atoms with E-state index in [1.807, 2.05) is 11.9 Å². The fraction of sp³-hybridized carbons (Fsp3) is 0.929. The minimum Gasteiger partial charge on any atom is -0.341 e. The van der Waals surface area contributed by atoms with E-state index in [0.29, 0.717) is 5.91 Å². The minimum atomic E-state index is 0. The van der Waals surface area contributed by atoms with Gasteiger partial charge in [0.25, 0.3) is 5.91 Å². The Morgan fingerprint density at radius 2 is 1.83 bits per heavy atom. The zero-order valence-corrected chi connectivity index (χ0v) is 14.9. The molecule has 4 heteroatoms. The zero-order chi connectivity index (χ0) is 12.3. The van der Waals surface area contributed by atoms with Crippen LogP contribution < -0.4 is 0 Å². The van der Waals surface area contributed by atoms with Crippen LogP contribution in [-0.4, -0.2) is 54.6 Å². The van der Waals surface area contributed by atoms with Crippen molar-refractivity contribution in [1.82, 2.24) is 4.90 Å². The molecule has 0 aromatic heterocycles. The van der Waals surface area contributed by atoms with Gasteiger partial charge in [-0.15, -0.1) is 0 Å². The average Bonchev–Trinajstić information content (AvgIpc) is 2.54. The number of hydrogen-bond acceptors (Lipinski definition) is 1. The van der Waals surface area contributed by atoms with E-state index in [2.05, 4.69) is 6.92 Å². The molecule has 101 valence electrons. The Morgan fingerprint density at radius 3 is 2.44 bits per heavy atom. The predicted octanol–water partition coefficient (Wildman–Crippen LogP) is 2.02. The SMILES string of the molecule is CC[N+]1(C2CCCCN(C)C2=O)CCCCC1.[Y]. The van der Waals surface area contributed by atoms with Crippen molar-refractivity contribution in [2.24, 2.45) is 0 Å². The summed E-state index contributed by atoms with van der Waals surface area (Å²) in [5.41, 5.74) is 0. The topological polar surface area (TPSA) is 20.3 Å². The quantitative estimate of drug-likeness (QED) is 0.710. The Morgan fingerprint density at radius 1 is 1.17 bits per heavy atom. The Hall–Kier alpha value is 0.534. The molecular weight excluding hydrogens is 301 g/mol. The second-order valence-electron chi connectivity index (χ2n) is 5.81. The molecule has 1 atom stereocenters. The van der Waals surface area contributed by atoms with Gasteiger partial charge in [0.15, 0.2) is 6.04 Å². The van der Waals surface area contributed by atoms with E-state index in [1.165, 1.54) is 45.2 Å². The van der Waals surface area contributed by atoms with Crippen molar-refractivity contribution < 1.29 is 42.0 Å². The third-order valence-electron chi connectivity index (χ3n) is 4.88. The summed E-state index contributed by atoms with van der Waals surface area (Å²) in [7, 11) is 1.98. The molecule has 2 rings (SSSR count). The maximum Gasteiger partial charge on any atom is 0.280 e. The van der Waals surface area contributed by atoms with Gasteiger partial charge in [0.1, 0.15) is 0 Å². The number of carbonyl (C=O) groups excluding carboxylic acids is 1. The maximum atomic E-state index is 12.5. The minimum absolute atomic E-state index is 0. The summed E-state index contributed by atoms with van der Waals surface area (Å²) in [6.07, 6.45) is 7.49. The summed E-state index contributed by atoms with van der Waals surface area (Å²) in [5.74, 6) is 0.409. The number of hydrogen-bond donors (Lipinski definition) is 0. The van der Waals surface area contributed by atoms with Gasteiger partial charge >= 0.3 is 0 Å². The van der Waals surface area contributed by atoms with Crippen molar-refractivity contribution in [3.63, 3.8) is 0 Å². The van der Waals surface area contributed by atoms with Crippen molar-refractivity contribution in [3.05, 3.63) is 0 Å². The van der Waals surface area contributed by atoms with Crippen molar-refractivity contribution >= 4 is 5.91 Å². The summed E-state index contributed by atoms with van der Waals surface area (Å²) in [6, 6.07) is 0.257. The summed E-state index contributed by atoms with van der Waals surface area (Å²) >= 11 is 0. The standard InChI is InChI=1S/C14H27N2O.Y/c1-3-16(11-7-4-8-12-16)13-9-5-6-10-15(2)14(13)17;/h13H,3-12H2,1-2H3;/q+1;. The molecule has 18 heavy (non-hydrogen) atoms. The maximum absolute atomic E-state index is 12.5. The van der Waals surface area contributed by atoms with Crippen LogP contribution in [0.2, 0.25) is 0 Å². The first-order chi connectivity index (χ1) is 8.19. The average molecular weight is 328 g/mol. The summed E-state index contributed by atoms with van der Waals surface area (Å²) < 4.78 is 1.07. The molecule has 1 amide bonds. The van der Waals surface area contributed by atoms with Gasteiger partial charge in [-0.1, -0.05) is 0 Å². The van der Waals surface area contributed by atoms with E-state index in [4.69, 9.17) is 0 Å². The molecule has 1 radical (unpaired) electrons. The molecule has 0 N–H and O–H groups in total. The Labute approximate surface area is 137 Å². The van der Waals surface area contributed by atoms with Gasteiger partial charge in [-0.2, -0.15) is 0 Å². The van der Waals surface area contributed by atoms with Gasteiger partial charge < -0.3 is 9.38 Å². The second-order valence-corrected chi connectivity index (χ2v) is 5.81. The molecule has 2 aliphatic heterocycles. The van der Waals surface area contributed by atoms with Crippen molar-refractivity contribution in [2.75, 3.05) is 33.2 Å². The molecule has 2 aliphatic rings. The van der Waals surface area contributed by atoms with E-state index < -0.39 is 0 Å². The Kier molecular flexibility index (Phi) is 6.78. The smallest absolute Gasteiger partial charge is 0.280 e. The van der Waals surface area contributed by atoms with Gasteiger partial charge in [-0.3, -0.25) is 4.79 Å². The normalized spacial score (nSPS) is 28.4. The van der Waals surface area contributed by atoms with Gasteiger partial charge in [0.05, 0.1) is 19.6 Å². The molecule has 2 heterocycles. The van der Waals surface area contributed by atoms with E-state index >= 15 is 0 Å². The molecule has 0 aromatic carbocycles. The van der Waals surface area contributed by atoms with Gasteiger partial charge in [-0.05, 0) is 39.0 Å². The number of amides is 1. The number of nitrogens with zero attached hydrogens (tertiary/aromatic N) is 2. The van der Waals surface area contributed by atoms with Crippen LogP contribution >= 0.6 is 0 Å². The Bertz CT molecular complexity index is 277. The molecule has 1 unspecified atom stereocenters. The summed E-state index contributed by atoms with van der Waals surface area (Å²) in [4.78, 5) is 14.5. The largest absolute Gasteiger partial charge is 0.341 e. The molecular formula is C14H27N2OY+. The van der Waals surface area contributed by atoms with Crippen LogP contribution in [0, 0.1) is 0 Å². The third-order valence-corrected chi connectivity index (χ3v) is 4.88. The molecule has 0 saturated carbocycles. The van der Waals surface area contributed by atoms with Crippen LogP contribution in [0.4, 0.5) is 0 Å². The summed E-state index contributed by atoms with van der Waals surface area (Å²) in [5, 5.41) is 0. The van der Waals surface area contributed by atoms with E-state index in [0.717, 1.165) is 24.0 Å². The predicted molar refractivity (Wildman–Crippen MR) is 69.7 cm³/mol. The first-order valence-electron chi connectivity index (χ1n) is 7.30. The summed E-state index contributed by atoms with van der Waals surface area (Å²) in [6.45, 7) is 6.80. The zero-order valence-electron chi connectivity index (χ0n) is 12.0. The number of carbonyl (C=O) groups is 1. The van der Waals surface area contributed by atoms with Gasteiger partial charge in [0, 0.05) is 52.7 Å². The first kappa shape index (κ1) is 16.6. The monoisotopic (exact) mass is 328 g/mol. The molecule has 0 spiro atoms. The van der Waals surface area contributed by atoms with Crippen LogP contribution in [0.1, 0.15) is 45.4 Å². The first-order valence-corrected chi connectivity index (χ1v) is 7.30. The van der Waals surface area contributed by atoms with Crippen LogP contribution in [0.25, 0.3) is 0 Å². The third kappa shape index (κ3) is 3.35. The second kappa shape index (κ2) is 7.35. The van der Waals surface area contributed by atoms with Gasteiger partial charge in [-0.25, -0.2) is 0 Å². The number of rotatable bonds is 2. The fourth-order valence-corrected chi connectivity index (χ4v) is 3.67. The van der Waals surface area contributed by atoms with E-state index in [9.17, 15) is 4.79 Å². The number of quaternary nitrogens is 1. The van der Waals surface area contributed by atoms with Crippen molar-refractivity contribution in [2.45, 2.75) is 51.5 Å². The number of likely N-dealkylation sites (N-methyl/N-ethyl adjacent to an activating group) is 2. The molecule has 3 nitrogen and oxygen atoms in total. The van der Waals surface area contributed by atoms with Crippen LogP contribution in [0.15, 0.2) is 0 Å². The van der Waals surface area contributed by atoms with E-state index in [-0.39, 0.29) is 38.8 Å². The van der Waals surface area contributed by atoms with Gasteiger partial charge in [0.2, 0.25) is 0 Å². The number of piperidine rings is 1. The molecule has 2 saturated heterocycles. The molecule has 2 fully saturated rings. The van der Waals surface area contributed by atoms with Crippen molar-refractivity contribution in [3.8, 4) is 0 Å². The Balaban J connectivity index is 0.00000162. The molecule has 0 aliphatic carbocycles. The van der Waals surface area contributed by atoms with Crippen LogP contribution in [-0.2, 0) is 37.5 Å². The van der Waals surface area contributed by atoms with E-state index in [1.54, 1.807) is 0 Å². The van der Waals surface area contributed by atoms with Crippen molar-refractivity contribution in [1.29, 1.82) is 0 Å². The van der Waals surface area contributed by atoms with Crippen LogP contribution in [0.5, 0.6) is 0 Å². The molecule has 0 bridgehead atoms. The van der Waals surface area contributed by atoms with Crippen LogP contribution in [0.3, 0.4) is 0 Å². The fourth-order valence-electron chi connectivity index (χ4n) is 3.67. The molecule has 0 aromatic rings. The number of likely N-dealkylation sites (tertiary alicyclic amines) is 2.